The third-order valence-corrected chi connectivity index (χ3v) is 5.07. The zero-order valence-electron chi connectivity index (χ0n) is 13.7. The van der Waals surface area contributed by atoms with Crippen LogP contribution in [0.4, 0.5) is 5.69 Å². The van der Waals surface area contributed by atoms with Gasteiger partial charge in [-0.2, -0.15) is 0 Å². The highest BCUT2D eigenvalue weighted by atomic mass is 35.5. The lowest BCUT2D eigenvalue weighted by Crippen LogP contribution is -2.30. The van der Waals surface area contributed by atoms with E-state index in [1.165, 1.54) is 11.3 Å². The van der Waals surface area contributed by atoms with Crippen molar-refractivity contribution in [1.82, 2.24) is 0 Å². The van der Waals surface area contributed by atoms with Crippen LogP contribution in [0.1, 0.15) is 22.2 Å². The minimum Gasteiger partial charge on any atom is -0.448 e. The van der Waals surface area contributed by atoms with Crippen molar-refractivity contribution in [2.75, 3.05) is 5.32 Å². The van der Waals surface area contributed by atoms with Gasteiger partial charge >= 0.3 is 5.97 Å². The second-order valence-electron chi connectivity index (χ2n) is 5.64. The van der Waals surface area contributed by atoms with Crippen LogP contribution in [0.2, 0.25) is 5.02 Å². The van der Waals surface area contributed by atoms with Gasteiger partial charge in [-0.3, -0.25) is 4.79 Å². The third-order valence-electron chi connectivity index (χ3n) is 3.74. The van der Waals surface area contributed by atoms with Crippen molar-refractivity contribution in [2.45, 2.75) is 20.0 Å². The first-order chi connectivity index (χ1) is 11.9. The molecule has 1 heterocycles. The van der Waals surface area contributed by atoms with Crippen LogP contribution >= 0.6 is 22.9 Å². The number of esters is 1. The quantitative estimate of drug-likeness (QED) is 0.651. The standard InChI is InChI=1S/C19H16ClNO3S/c1-11-7-8-14(20)10-15(11)21-18(22)12(2)24-19(23)17-9-13-5-3-4-6-16(13)25-17/h3-10,12H,1-2H3,(H,21,22)/t12-/m0/s1. The van der Waals surface area contributed by atoms with Gasteiger partial charge in [-0.25, -0.2) is 4.79 Å². The monoisotopic (exact) mass is 373 g/mol. The number of carbonyl (C=O) groups excluding carboxylic acids is 2. The maximum Gasteiger partial charge on any atom is 0.349 e. The van der Waals surface area contributed by atoms with Crippen LogP contribution in [-0.4, -0.2) is 18.0 Å². The molecule has 0 spiro atoms. The third kappa shape index (κ3) is 4.00. The second-order valence-corrected chi connectivity index (χ2v) is 7.16. The summed E-state index contributed by atoms with van der Waals surface area (Å²) in [4.78, 5) is 25.0. The van der Waals surface area contributed by atoms with E-state index < -0.39 is 18.0 Å². The van der Waals surface area contributed by atoms with Gasteiger partial charge in [0.2, 0.25) is 0 Å². The molecule has 0 aliphatic heterocycles. The lowest BCUT2D eigenvalue weighted by molar-refractivity contribution is -0.123. The summed E-state index contributed by atoms with van der Waals surface area (Å²) in [7, 11) is 0. The maximum atomic E-state index is 12.3. The van der Waals surface area contributed by atoms with Crippen LogP contribution in [0.25, 0.3) is 10.1 Å². The van der Waals surface area contributed by atoms with Crippen molar-refractivity contribution >= 4 is 50.6 Å². The molecule has 6 heteroatoms. The minimum atomic E-state index is -0.920. The first-order valence-electron chi connectivity index (χ1n) is 7.70. The smallest absolute Gasteiger partial charge is 0.349 e. The molecule has 0 fully saturated rings. The molecule has 0 unspecified atom stereocenters. The van der Waals surface area contributed by atoms with Crippen molar-refractivity contribution in [1.29, 1.82) is 0 Å². The molecule has 4 nitrogen and oxygen atoms in total. The first kappa shape index (κ1) is 17.5. The van der Waals surface area contributed by atoms with E-state index in [1.807, 2.05) is 37.3 Å². The molecule has 1 N–H and O–H groups in total. The van der Waals surface area contributed by atoms with E-state index in [-0.39, 0.29) is 0 Å². The molecule has 0 aliphatic rings. The summed E-state index contributed by atoms with van der Waals surface area (Å²) < 4.78 is 6.30. The Hall–Kier alpha value is -2.37. The number of thiophene rings is 1. The highest BCUT2D eigenvalue weighted by molar-refractivity contribution is 7.20. The fourth-order valence-corrected chi connectivity index (χ4v) is 3.44. The molecule has 25 heavy (non-hydrogen) atoms. The number of hydrogen-bond donors (Lipinski definition) is 1. The summed E-state index contributed by atoms with van der Waals surface area (Å²) in [5.41, 5.74) is 1.48. The summed E-state index contributed by atoms with van der Waals surface area (Å²) in [6.07, 6.45) is -0.920. The van der Waals surface area contributed by atoms with Gasteiger partial charge < -0.3 is 10.1 Å². The Morgan fingerprint density at radius 3 is 2.68 bits per heavy atom. The second kappa shape index (κ2) is 7.25. The zero-order chi connectivity index (χ0) is 18.0. The van der Waals surface area contributed by atoms with Crippen LogP contribution < -0.4 is 5.32 Å². The molecule has 1 amide bonds. The Morgan fingerprint density at radius 2 is 1.92 bits per heavy atom. The predicted molar refractivity (Wildman–Crippen MR) is 102 cm³/mol. The number of halogens is 1. The Kier molecular flexibility index (Phi) is 5.06. The van der Waals surface area contributed by atoms with Crippen molar-refractivity contribution in [3.05, 3.63) is 64.0 Å². The number of hydrogen-bond acceptors (Lipinski definition) is 4. The number of nitrogens with one attached hydrogen (secondary N) is 1. The Labute approximate surface area is 154 Å². The van der Waals surface area contributed by atoms with Crippen molar-refractivity contribution in [3.63, 3.8) is 0 Å². The Bertz CT molecular complexity index is 918. The minimum absolute atomic E-state index is 0.403. The van der Waals surface area contributed by atoms with Gasteiger partial charge in [0.15, 0.2) is 6.10 Å². The summed E-state index contributed by atoms with van der Waals surface area (Å²) in [6.45, 7) is 3.40. The molecular formula is C19H16ClNO3S. The molecule has 3 aromatic rings. The molecule has 0 radical (unpaired) electrons. The molecule has 0 aliphatic carbocycles. The first-order valence-corrected chi connectivity index (χ1v) is 8.90. The molecule has 0 saturated carbocycles. The van der Waals surface area contributed by atoms with Crippen molar-refractivity contribution < 1.29 is 14.3 Å². The molecule has 0 bridgehead atoms. The van der Waals surface area contributed by atoms with E-state index >= 15 is 0 Å². The summed E-state index contributed by atoms with van der Waals surface area (Å²) in [6, 6.07) is 14.7. The van der Waals surface area contributed by atoms with Gasteiger partial charge in [0.05, 0.1) is 0 Å². The largest absolute Gasteiger partial charge is 0.448 e. The molecule has 0 saturated heterocycles. The molecule has 128 valence electrons. The SMILES string of the molecule is Cc1ccc(Cl)cc1NC(=O)[C@H](C)OC(=O)c1cc2ccccc2s1. The van der Waals surface area contributed by atoms with Crippen LogP contribution in [0.3, 0.4) is 0 Å². The van der Waals surface area contributed by atoms with Gasteiger partial charge in [-0.1, -0.05) is 35.9 Å². The van der Waals surface area contributed by atoms with E-state index in [4.69, 9.17) is 16.3 Å². The average molecular weight is 374 g/mol. The van der Waals surface area contributed by atoms with Gasteiger partial charge in [-0.05, 0) is 49.1 Å². The number of fused-ring (bicyclic) bond motifs is 1. The van der Waals surface area contributed by atoms with Gasteiger partial charge in [-0.15, -0.1) is 11.3 Å². The van der Waals surface area contributed by atoms with Gasteiger partial charge in [0.25, 0.3) is 5.91 Å². The number of rotatable bonds is 4. The normalized spacial score (nSPS) is 12.0. The molecule has 3 rings (SSSR count). The number of carbonyl (C=O) groups is 2. The molecular weight excluding hydrogens is 358 g/mol. The highest BCUT2D eigenvalue weighted by Gasteiger charge is 2.21. The number of amides is 1. The van der Waals surface area contributed by atoms with Crippen molar-refractivity contribution in [3.8, 4) is 0 Å². The molecule has 2 aromatic carbocycles. The van der Waals surface area contributed by atoms with E-state index in [9.17, 15) is 9.59 Å². The Balaban J connectivity index is 1.68. The topological polar surface area (TPSA) is 55.4 Å². The highest BCUT2D eigenvalue weighted by Crippen LogP contribution is 2.26. The lowest BCUT2D eigenvalue weighted by Gasteiger charge is -2.14. The average Bonchev–Trinajstić information content (AvgIpc) is 3.02. The number of aryl methyl sites for hydroxylation is 1. The fraction of sp³-hybridized carbons (Fsp3) is 0.158. The van der Waals surface area contributed by atoms with Crippen LogP contribution in [0.5, 0.6) is 0 Å². The maximum absolute atomic E-state index is 12.3. The predicted octanol–water partition coefficient (Wildman–Crippen LogP) is 5.05. The summed E-state index contributed by atoms with van der Waals surface area (Å²) in [5, 5.41) is 4.24. The van der Waals surface area contributed by atoms with Crippen LogP contribution in [0.15, 0.2) is 48.5 Å². The zero-order valence-corrected chi connectivity index (χ0v) is 15.3. The van der Waals surface area contributed by atoms with Crippen molar-refractivity contribution in [2.24, 2.45) is 0 Å². The van der Waals surface area contributed by atoms with E-state index in [0.717, 1.165) is 15.6 Å². The molecule has 1 aromatic heterocycles. The summed E-state index contributed by atoms with van der Waals surface area (Å²) in [5.74, 6) is -0.911. The van der Waals surface area contributed by atoms with E-state index in [0.29, 0.717) is 15.6 Å². The van der Waals surface area contributed by atoms with E-state index in [2.05, 4.69) is 5.32 Å². The Morgan fingerprint density at radius 1 is 1.16 bits per heavy atom. The number of ether oxygens (including phenoxy) is 1. The molecule has 1 atom stereocenters. The summed E-state index contributed by atoms with van der Waals surface area (Å²) >= 11 is 7.29. The number of benzene rings is 2. The van der Waals surface area contributed by atoms with E-state index in [1.54, 1.807) is 25.1 Å². The van der Waals surface area contributed by atoms with Crippen LogP contribution in [0, 0.1) is 6.92 Å². The number of anilines is 1. The van der Waals surface area contributed by atoms with Crippen LogP contribution in [-0.2, 0) is 9.53 Å². The lowest BCUT2D eigenvalue weighted by atomic mass is 10.2. The van der Waals surface area contributed by atoms with Gasteiger partial charge in [0, 0.05) is 15.4 Å². The fourth-order valence-electron chi connectivity index (χ4n) is 2.32. The van der Waals surface area contributed by atoms with Gasteiger partial charge in [0.1, 0.15) is 4.88 Å².